The molecule has 1 aromatic rings. The molecule has 0 bridgehead atoms. The van der Waals surface area contributed by atoms with Gasteiger partial charge in [-0.3, -0.25) is 5.32 Å². The van der Waals surface area contributed by atoms with Crippen LogP contribution in [0.2, 0.25) is 0 Å². The molecule has 3 N–H and O–H groups in total. The molecule has 0 atom stereocenters. The smallest absolute Gasteiger partial charge is 0.212 e. The van der Waals surface area contributed by atoms with Gasteiger partial charge in [-0.15, -0.1) is 0 Å². The average Bonchev–Trinajstić information content (AvgIpc) is 2.09. The van der Waals surface area contributed by atoms with Crippen LogP contribution >= 0.6 is 0 Å². The molecule has 1 aromatic heterocycles. The van der Waals surface area contributed by atoms with Crippen LogP contribution in [0.3, 0.4) is 0 Å². The number of aromatic nitrogens is 1. The molecule has 13 heavy (non-hydrogen) atoms. The van der Waals surface area contributed by atoms with Crippen molar-refractivity contribution in [3.63, 3.8) is 0 Å². The Morgan fingerprint density at radius 3 is 3.00 bits per heavy atom. The molecule has 66 valence electrons. The monoisotopic (exact) mass is 179 g/mol. The zero-order chi connectivity index (χ0) is 9.68. The third-order valence-corrected chi connectivity index (χ3v) is 1.15. The molecule has 1 heterocycles. The second kappa shape index (κ2) is 4.01. The molecule has 5 nitrogen and oxygen atoms in total. The number of halogens is 1. The van der Waals surface area contributed by atoms with Crippen molar-refractivity contribution in [1.29, 1.82) is 5.26 Å². The Kier molecular flexibility index (Phi) is 2.76. The molecule has 0 radical (unpaired) electrons. The summed E-state index contributed by atoms with van der Waals surface area (Å²) in [6.07, 6.45) is 2.81. The highest BCUT2D eigenvalue weighted by molar-refractivity contribution is 5.81. The highest BCUT2D eigenvalue weighted by Gasteiger charge is 1.93. The highest BCUT2D eigenvalue weighted by Crippen LogP contribution is 2.08. The number of hydrogen-bond donors (Lipinski definition) is 2. The summed E-state index contributed by atoms with van der Waals surface area (Å²) in [5, 5.41) is 10.3. The number of rotatable bonds is 1. The van der Waals surface area contributed by atoms with Gasteiger partial charge in [-0.2, -0.15) is 9.65 Å². The van der Waals surface area contributed by atoms with Crippen LogP contribution in [0.1, 0.15) is 0 Å². The van der Waals surface area contributed by atoms with Crippen LogP contribution < -0.4 is 11.1 Å². The lowest BCUT2D eigenvalue weighted by Crippen LogP contribution is -2.26. The Morgan fingerprint density at radius 1 is 1.69 bits per heavy atom. The normalized spacial score (nSPS) is 10.6. The molecular weight excluding hydrogens is 173 g/mol. The topological polar surface area (TPSA) is 87.1 Å². The van der Waals surface area contributed by atoms with E-state index in [1.54, 1.807) is 6.19 Å². The molecule has 0 aliphatic rings. The van der Waals surface area contributed by atoms with Crippen molar-refractivity contribution in [3.05, 3.63) is 24.3 Å². The van der Waals surface area contributed by atoms with Crippen LogP contribution in [0.4, 0.5) is 10.1 Å². The molecule has 0 amide bonds. The first kappa shape index (κ1) is 8.93. The van der Waals surface area contributed by atoms with Gasteiger partial charge in [0, 0.05) is 0 Å². The van der Waals surface area contributed by atoms with E-state index < -0.39 is 5.95 Å². The van der Waals surface area contributed by atoms with E-state index in [1.807, 2.05) is 0 Å². The summed E-state index contributed by atoms with van der Waals surface area (Å²) < 4.78 is 12.3. The maximum absolute atomic E-state index is 12.3. The minimum Gasteiger partial charge on any atom is -0.369 e. The fourth-order valence-corrected chi connectivity index (χ4v) is 0.658. The van der Waals surface area contributed by atoms with E-state index in [4.69, 9.17) is 11.0 Å². The molecule has 0 saturated carbocycles. The summed E-state index contributed by atoms with van der Waals surface area (Å²) in [4.78, 5) is 7.07. The van der Waals surface area contributed by atoms with Gasteiger partial charge in [-0.05, 0) is 12.1 Å². The van der Waals surface area contributed by atoms with Gasteiger partial charge in [0.05, 0.1) is 11.9 Å². The Labute approximate surface area is 73.7 Å². The zero-order valence-corrected chi connectivity index (χ0v) is 6.53. The Morgan fingerprint density at radius 2 is 2.46 bits per heavy atom. The minimum absolute atomic E-state index is 0.0593. The van der Waals surface area contributed by atoms with Gasteiger partial charge < -0.3 is 5.73 Å². The summed E-state index contributed by atoms with van der Waals surface area (Å²) in [6, 6.07) is 2.55. The molecule has 0 saturated heterocycles. The number of hydrogen-bond acceptors (Lipinski definition) is 3. The van der Waals surface area contributed by atoms with E-state index >= 15 is 0 Å². The van der Waals surface area contributed by atoms with Crippen LogP contribution in [0.25, 0.3) is 0 Å². The molecule has 0 aromatic carbocycles. The lowest BCUT2D eigenvalue weighted by molar-refractivity contribution is 0.584. The predicted molar refractivity (Wildman–Crippen MR) is 44.2 cm³/mol. The van der Waals surface area contributed by atoms with Gasteiger partial charge in [0.15, 0.2) is 6.19 Å². The van der Waals surface area contributed by atoms with Crippen molar-refractivity contribution in [3.8, 4) is 6.19 Å². The number of nitrogens with one attached hydrogen (secondary N) is 1. The van der Waals surface area contributed by atoms with Crippen molar-refractivity contribution in [1.82, 2.24) is 10.3 Å². The lowest BCUT2D eigenvalue weighted by atomic mass is 10.4. The molecule has 0 aliphatic carbocycles. The Bertz CT molecular complexity index is 350. The van der Waals surface area contributed by atoms with Gasteiger partial charge in [-0.1, -0.05) is 0 Å². The van der Waals surface area contributed by atoms with Crippen molar-refractivity contribution in [2.45, 2.75) is 0 Å². The van der Waals surface area contributed by atoms with Crippen LogP contribution in [0.5, 0.6) is 0 Å². The Hall–Kier alpha value is -2.16. The molecule has 0 fully saturated rings. The summed E-state index contributed by atoms with van der Waals surface area (Å²) in [6.45, 7) is 0. The molecule has 0 spiro atoms. The molecule has 6 heteroatoms. The first-order valence-electron chi connectivity index (χ1n) is 3.33. The number of nitriles is 1. The fourth-order valence-electron chi connectivity index (χ4n) is 0.658. The summed E-state index contributed by atoms with van der Waals surface area (Å²) in [7, 11) is 0. The number of pyridine rings is 1. The van der Waals surface area contributed by atoms with Gasteiger partial charge >= 0.3 is 0 Å². The summed E-state index contributed by atoms with van der Waals surface area (Å²) in [5.41, 5.74) is 5.63. The van der Waals surface area contributed by atoms with Crippen LogP contribution in [-0.4, -0.2) is 10.9 Å². The highest BCUT2D eigenvalue weighted by atomic mass is 19.1. The standard InChI is InChI=1S/C7H6FN5/c8-6-2-1-5(3-11-6)13-7(10)12-4-9/h1-3H,(H3,10,12,13). The van der Waals surface area contributed by atoms with Gasteiger partial charge in [0.2, 0.25) is 11.9 Å². The second-order valence-electron chi connectivity index (χ2n) is 2.07. The van der Waals surface area contributed by atoms with Crippen LogP contribution in [-0.2, 0) is 0 Å². The first-order valence-corrected chi connectivity index (χ1v) is 3.33. The molecule has 0 unspecified atom stereocenters. The van der Waals surface area contributed by atoms with E-state index in [1.165, 1.54) is 12.3 Å². The SMILES string of the molecule is N#CNC(N)=Nc1ccc(F)nc1. The second-order valence-corrected chi connectivity index (χ2v) is 2.07. The van der Waals surface area contributed by atoms with Crippen molar-refractivity contribution in [2.75, 3.05) is 0 Å². The maximum atomic E-state index is 12.3. The molecular formula is C7H6FN5. The summed E-state index contributed by atoms with van der Waals surface area (Å²) in [5.74, 6) is -0.651. The van der Waals surface area contributed by atoms with Crippen molar-refractivity contribution in [2.24, 2.45) is 10.7 Å². The van der Waals surface area contributed by atoms with Crippen LogP contribution in [0, 0.1) is 17.4 Å². The van der Waals surface area contributed by atoms with Crippen LogP contribution in [0.15, 0.2) is 23.3 Å². The number of aliphatic imine (C=N–C) groups is 1. The quantitative estimate of drug-likeness (QED) is 0.212. The van der Waals surface area contributed by atoms with Crippen molar-refractivity contribution >= 4 is 11.6 Å². The molecule has 0 aliphatic heterocycles. The number of nitrogens with zero attached hydrogens (tertiary/aromatic N) is 3. The maximum Gasteiger partial charge on any atom is 0.212 e. The zero-order valence-electron chi connectivity index (χ0n) is 6.53. The largest absolute Gasteiger partial charge is 0.369 e. The van der Waals surface area contributed by atoms with Gasteiger partial charge in [0.1, 0.15) is 0 Å². The first-order chi connectivity index (χ1) is 6.22. The summed E-state index contributed by atoms with van der Waals surface area (Å²) >= 11 is 0. The van der Waals surface area contributed by atoms with E-state index in [2.05, 4.69) is 15.3 Å². The van der Waals surface area contributed by atoms with E-state index in [0.29, 0.717) is 5.69 Å². The fraction of sp³-hybridized carbons (Fsp3) is 0. The van der Waals surface area contributed by atoms with E-state index in [-0.39, 0.29) is 5.96 Å². The molecule has 1 rings (SSSR count). The average molecular weight is 179 g/mol. The van der Waals surface area contributed by atoms with Gasteiger partial charge in [0.25, 0.3) is 0 Å². The van der Waals surface area contributed by atoms with Gasteiger partial charge in [-0.25, -0.2) is 9.98 Å². The minimum atomic E-state index is -0.592. The van der Waals surface area contributed by atoms with E-state index in [9.17, 15) is 4.39 Å². The number of guanidine groups is 1. The number of nitrogens with two attached hydrogens (primary N) is 1. The Balaban J connectivity index is 2.80. The third kappa shape index (κ3) is 2.75. The van der Waals surface area contributed by atoms with E-state index in [0.717, 1.165) is 6.07 Å². The lowest BCUT2D eigenvalue weighted by Gasteiger charge is -1.95. The third-order valence-electron chi connectivity index (χ3n) is 1.15. The van der Waals surface area contributed by atoms with Crippen molar-refractivity contribution < 1.29 is 4.39 Å². The predicted octanol–water partition coefficient (Wildman–Crippen LogP) is 0.238.